The van der Waals surface area contributed by atoms with Gasteiger partial charge in [0.15, 0.2) is 0 Å². The van der Waals surface area contributed by atoms with Crippen molar-refractivity contribution >= 4 is 0 Å². The van der Waals surface area contributed by atoms with Gasteiger partial charge in [-0.05, 0) is 13.5 Å². The molecule has 0 radical (unpaired) electrons. The van der Waals surface area contributed by atoms with Crippen LogP contribution < -0.4 is 0 Å². The van der Waals surface area contributed by atoms with E-state index in [0.29, 0.717) is 6.10 Å². The predicted octanol–water partition coefficient (Wildman–Crippen LogP) is 1.12. The second-order valence-electron chi connectivity index (χ2n) is 3.04. The summed E-state index contributed by atoms with van der Waals surface area (Å²) in [5, 5.41) is 0. The maximum atomic E-state index is 5.55. The zero-order valence-corrected chi connectivity index (χ0v) is 6.97. The lowest BCUT2D eigenvalue weighted by Gasteiger charge is -2.29. The van der Waals surface area contributed by atoms with E-state index in [-0.39, 0.29) is 0 Å². The standard InChI is InChI=1S/C8H17NO/c1-3-4-8-7-9(2)5-6-10-8/h8H,3-7H2,1-2H3/t8-/m1/s1. The summed E-state index contributed by atoms with van der Waals surface area (Å²) in [4.78, 5) is 2.34. The summed E-state index contributed by atoms with van der Waals surface area (Å²) in [6.45, 7) is 5.34. The summed E-state index contributed by atoms with van der Waals surface area (Å²) >= 11 is 0. The van der Waals surface area contributed by atoms with Crippen LogP contribution in [0.25, 0.3) is 0 Å². The van der Waals surface area contributed by atoms with Gasteiger partial charge in [0.25, 0.3) is 0 Å². The highest BCUT2D eigenvalue weighted by atomic mass is 16.5. The highest BCUT2D eigenvalue weighted by Crippen LogP contribution is 2.07. The van der Waals surface area contributed by atoms with Crippen LogP contribution in [0.1, 0.15) is 19.8 Å². The lowest BCUT2D eigenvalue weighted by molar-refractivity contribution is -0.0234. The van der Waals surface area contributed by atoms with E-state index in [2.05, 4.69) is 18.9 Å². The molecular weight excluding hydrogens is 126 g/mol. The first kappa shape index (κ1) is 8.02. The molecule has 0 spiro atoms. The molecule has 1 aliphatic heterocycles. The molecule has 1 rings (SSSR count). The first-order valence-corrected chi connectivity index (χ1v) is 4.13. The Morgan fingerprint density at radius 1 is 1.60 bits per heavy atom. The second-order valence-corrected chi connectivity index (χ2v) is 3.04. The van der Waals surface area contributed by atoms with Crippen molar-refractivity contribution in [3.8, 4) is 0 Å². The minimum Gasteiger partial charge on any atom is -0.376 e. The van der Waals surface area contributed by atoms with Crippen molar-refractivity contribution in [1.29, 1.82) is 0 Å². The zero-order chi connectivity index (χ0) is 7.40. The average molecular weight is 143 g/mol. The second kappa shape index (κ2) is 3.94. The molecule has 1 fully saturated rings. The lowest BCUT2D eigenvalue weighted by atomic mass is 10.2. The topological polar surface area (TPSA) is 12.5 Å². The molecule has 0 aromatic heterocycles. The Bertz CT molecular complexity index is 93.3. The van der Waals surface area contributed by atoms with Crippen LogP contribution >= 0.6 is 0 Å². The van der Waals surface area contributed by atoms with Gasteiger partial charge in [-0.2, -0.15) is 0 Å². The van der Waals surface area contributed by atoms with Crippen LogP contribution in [0.15, 0.2) is 0 Å². The fraction of sp³-hybridized carbons (Fsp3) is 1.00. The number of nitrogens with zero attached hydrogens (tertiary/aromatic N) is 1. The van der Waals surface area contributed by atoms with E-state index in [4.69, 9.17) is 4.74 Å². The van der Waals surface area contributed by atoms with Crippen molar-refractivity contribution < 1.29 is 4.74 Å². The zero-order valence-electron chi connectivity index (χ0n) is 6.97. The molecule has 1 atom stereocenters. The molecule has 0 saturated carbocycles. The Labute approximate surface area is 63.2 Å². The lowest BCUT2D eigenvalue weighted by Crippen LogP contribution is -2.39. The van der Waals surface area contributed by atoms with E-state index in [1.54, 1.807) is 0 Å². The third kappa shape index (κ3) is 2.27. The number of rotatable bonds is 2. The highest BCUT2D eigenvalue weighted by Gasteiger charge is 2.15. The van der Waals surface area contributed by atoms with Crippen LogP contribution in [0.2, 0.25) is 0 Å². The summed E-state index contributed by atoms with van der Waals surface area (Å²) < 4.78 is 5.55. The van der Waals surface area contributed by atoms with Crippen molar-refractivity contribution in [2.45, 2.75) is 25.9 Å². The number of likely N-dealkylation sites (N-methyl/N-ethyl adjacent to an activating group) is 1. The van der Waals surface area contributed by atoms with E-state index < -0.39 is 0 Å². The predicted molar refractivity (Wildman–Crippen MR) is 42.1 cm³/mol. The van der Waals surface area contributed by atoms with Crippen molar-refractivity contribution in [3.63, 3.8) is 0 Å². The summed E-state index contributed by atoms with van der Waals surface area (Å²) in [7, 11) is 2.16. The fourth-order valence-corrected chi connectivity index (χ4v) is 1.36. The van der Waals surface area contributed by atoms with Crippen LogP contribution in [0.3, 0.4) is 0 Å². The highest BCUT2D eigenvalue weighted by molar-refractivity contribution is 4.67. The molecule has 2 heteroatoms. The molecule has 1 saturated heterocycles. The molecule has 0 amide bonds. The minimum atomic E-state index is 0.503. The SMILES string of the molecule is CCC[C@@H]1CN(C)CCO1. The average Bonchev–Trinajstić information content (AvgIpc) is 1.88. The number of ether oxygens (including phenoxy) is 1. The van der Waals surface area contributed by atoms with Crippen molar-refractivity contribution in [1.82, 2.24) is 4.90 Å². The molecule has 1 aliphatic rings. The Kier molecular flexibility index (Phi) is 3.16. The molecule has 1 heterocycles. The van der Waals surface area contributed by atoms with Gasteiger partial charge in [0.05, 0.1) is 12.7 Å². The van der Waals surface area contributed by atoms with Gasteiger partial charge in [0.1, 0.15) is 0 Å². The first-order valence-electron chi connectivity index (χ1n) is 4.13. The summed E-state index contributed by atoms with van der Waals surface area (Å²) in [6.07, 6.45) is 2.95. The van der Waals surface area contributed by atoms with Crippen molar-refractivity contribution in [3.05, 3.63) is 0 Å². The van der Waals surface area contributed by atoms with E-state index >= 15 is 0 Å². The molecule has 10 heavy (non-hydrogen) atoms. The molecule has 2 nitrogen and oxygen atoms in total. The van der Waals surface area contributed by atoms with Crippen LogP contribution in [-0.2, 0) is 4.74 Å². The molecule has 0 aromatic rings. The third-order valence-electron chi connectivity index (χ3n) is 1.95. The van der Waals surface area contributed by atoms with Gasteiger partial charge in [-0.25, -0.2) is 0 Å². The quantitative estimate of drug-likeness (QED) is 0.574. The minimum absolute atomic E-state index is 0.503. The first-order chi connectivity index (χ1) is 4.83. The Morgan fingerprint density at radius 2 is 2.40 bits per heavy atom. The van der Waals surface area contributed by atoms with E-state index in [1.165, 1.54) is 12.8 Å². The summed E-state index contributed by atoms with van der Waals surface area (Å²) in [5.74, 6) is 0. The maximum Gasteiger partial charge on any atom is 0.0702 e. The van der Waals surface area contributed by atoms with E-state index in [9.17, 15) is 0 Å². The molecule has 0 aromatic carbocycles. The Hall–Kier alpha value is -0.0800. The van der Waals surface area contributed by atoms with Crippen LogP contribution in [0.4, 0.5) is 0 Å². The summed E-state index contributed by atoms with van der Waals surface area (Å²) in [5.41, 5.74) is 0. The number of hydrogen-bond donors (Lipinski definition) is 0. The monoisotopic (exact) mass is 143 g/mol. The van der Waals surface area contributed by atoms with Crippen molar-refractivity contribution in [2.75, 3.05) is 26.7 Å². The normalized spacial score (nSPS) is 28.8. The van der Waals surface area contributed by atoms with Crippen LogP contribution in [0.5, 0.6) is 0 Å². The number of morpholine rings is 1. The molecule has 0 bridgehead atoms. The van der Waals surface area contributed by atoms with Gasteiger partial charge >= 0.3 is 0 Å². The molecule has 0 N–H and O–H groups in total. The Balaban J connectivity index is 2.18. The molecule has 0 aliphatic carbocycles. The molecule has 60 valence electrons. The van der Waals surface area contributed by atoms with Gasteiger partial charge in [-0.1, -0.05) is 13.3 Å². The van der Waals surface area contributed by atoms with E-state index in [1.807, 2.05) is 0 Å². The third-order valence-corrected chi connectivity index (χ3v) is 1.95. The van der Waals surface area contributed by atoms with Gasteiger partial charge < -0.3 is 9.64 Å². The van der Waals surface area contributed by atoms with Gasteiger partial charge in [0, 0.05) is 13.1 Å². The van der Waals surface area contributed by atoms with Gasteiger partial charge in [-0.3, -0.25) is 0 Å². The van der Waals surface area contributed by atoms with Crippen LogP contribution in [0, 0.1) is 0 Å². The largest absolute Gasteiger partial charge is 0.376 e. The maximum absolute atomic E-state index is 5.55. The smallest absolute Gasteiger partial charge is 0.0702 e. The fourth-order valence-electron chi connectivity index (χ4n) is 1.36. The Morgan fingerprint density at radius 3 is 3.00 bits per heavy atom. The van der Waals surface area contributed by atoms with Gasteiger partial charge in [-0.15, -0.1) is 0 Å². The summed E-state index contributed by atoms with van der Waals surface area (Å²) in [6, 6.07) is 0. The molecule has 0 unspecified atom stereocenters. The van der Waals surface area contributed by atoms with E-state index in [0.717, 1.165) is 19.7 Å². The van der Waals surface area contributed by atoms with Crippen LogP contribution in [-0.4, -0.2) is 37.7 Å². The molecular formula is C8H17NO. The van der Waals surface area contributed by atoms with Crippen molar-refractivity contribution in [2.24, 2.45) is 0 Å². The number of hydrogen-bond acceptors (Lipinski definition) is 2. The van der Waals surface area contributed by atoms with Gasteiger partial charge in [0.2, 0.25) is 0 Å².